The van der Waals surface area contributed by atoms with Crippen molar-refractivity contribution in [3.05, 3.63) is 12.4 Å². The SMILES string of the molecule is CCCCCC(O)CCn1ccnn1. The number of unbranched alkanes of at least 4 members (excludes halogenated alkanes) is 2. The molecule has 1 rings (SSSR count). The van der Waals surface area contributed by atoms with Crippen LogP contribution in [0.3, 0.4) is 0 Å². The Bertz CT molecular complexity index is 223. The van der Waals surface area contributed by atoms with E-state index < -0.39 is 0 Å². The van der Waals surface area contributed by atoms with Gasteiger partial charge in [0.05, 0.1) is 12.3 Å². The third-order valence-electron chi connectivity index (χ3n) is 2.30. The third kappa shape index (κ3) is 4.37. The van der Waals surface area contributed by atoms with Crippen LogP contribution in [0.1, 0.15) is 39.0 Å². The molecule has 80 valence electrons. The van der Waals surface area contributed by atoms with Gasteiger partial charge in [0.1, 0.15) is 0 Å². The molecule has 0 aliphatic rings. The monoisotopic (exact) mass is 197 g/mol. The van der Waals surface area contributed by atoms with Crippen molar-refractivity contribution in [1.82, 2.24) is 15.0 Å². The molecule has 4 heteroatoms. The predicted molar refractivity (Wildman–Crippen MR) is 54.8 cm³/mol. The summed E-state index contributed by atoms with van der Waals surface area (Å²) in [5, 5.41) is 17.2. The Balaban J connectivity index is 2.06. The van der Waals surface area contributed by atoms with Gasteiger partial charge in [-0.25, -0.2) is 0 Å². The Morgan fingerprint density at radius 1 is 1.36 bits per heavy atom. The lowest BCUT2D eigenvalue weighted by Gasteiger charge is -2.09. The van der Waals surface area contributed by atoms with Gasteiger partial charge in [-0.3, -0.25) is 4.68 Å². The van der Waals surface area contributed by atoms with E-state index in [1.807, 2.05) is 6.20 Å². The summed E-state index contributed by atoms with van der Waals surface area (Å²) in [5.74, 6) is 0. The van der Waals surface area contributed by atoms with Gasteiger partial charge in [0.2, 0.25) is 0 Å². The summed E-state index contributed by atoms with van der Waals surface area (Å²) in [6, 6.07) is 0. The zero-order valence-electron chi connectivity index (χ0n) is 8.76. The Kier molecular flexibility index (Phi) is 5.22. The molecule has 0 bridgehead atoms. The molecule has 1 unspecified atom stereocenters. The minimum Gasteiger partial charge on any atom is -0.393 e. The van der Waals surface area contributed by atoms with Crippen molar-refractivity contribution in [2.24, 2.45) is 0 Å². The average molecular weight is 197 g/mol. The molecular formula is C10H19N3O. The molecule has 0 saturated heterocycles. The zero-order valence-corrected chi connectivity index (χ0v) is 8.76. The number of hydrogen-bond acceptors (Lipinski definition) is 3. The Hall–Kier alpha value is -0.900. The summed E-state index contributed by atoms with van der Waals surface area (Å²) in [7, 11) is 0. The fourth-order valence-corrected chi connectivity index (χ4v) is 1.41. The minimum atomic E-state index is -0.189. The van der Waals surface area contributed by atoms with Crippen LogP contribution in [0.15, 0.2) is 12.4 Å². The van der Waals surface area contributed by atoms with E-state index in [0.29, 0.717) is 0 Å². The predicted octanol–water partition coefficient (Wildman–Crippen LogP) is 1.61. The molecule has 1 aromatic rings. The maximum atomic E-state index is 9.61. The second-order valence-corrected chi connectivity index (χ2v) is 3.60. The van der Waals surface area contributed by atoms with Gasteiger partial charge >= 0.3 is 0 Å². The van der Waals surface area contributed by atoms with Crippen molar-refractivity contribution in [3.63, 3.8) is 0 Å². The fraction of sp³-hybridized carbons (Fsp3) is 0.800. The van der Waals surface area contributed by atoms with E-state index in [1.165, 1.54) is 12.8 Å². The lowest BCUT2D eigenvalue weighted by atomic mass is 10.1. The Morgan fingerprint density at radius 3 is 2.86 bits per heavy atom. The van der Waals surface area contributed by atoms with Gasteiger partial charge in [-0.1, -0.05) is 31.4 Å². The average Bonchev–Trinajstić information content (AvgIpc) is 2.68. The number of hydrogen-bond donors (Lipinski definition) is 1. The van der Waals surface area contributed by atoms with Gasteiger partial charge in [-0.2, -0.15) is 0 Å². The van der Waals surface area contributed by atoms with Crippen LogP contribution in [0.25, 0.3) is 0 Å². The van der Waals surface area contributed by atoms with Crippen LogP contribution in [-0.2, 0) is 6.54 Å². The largest absolute Gasteiger partial charge is 0.393 e. The highest BCUT2D eigenvalue weighted by Crippen LogP contribution is 2.06. The molecule has 1 atom stereocenters. The second kappa shape index (κ2) is 6.54. The standard InChI is InChI=1S/C10H19N3O/c1-2-3-4-5-10(14)6-8-13-9-7-11-12-13/h7,9-10,14H,2-6,8H2,1H3. The molecule has 14 heavy (non-hydrogen) atoms. The quantitative estimate of drug-likeness (QED) is 0.676. The lowest BCUT2D eigenvalue weighted by Crippen LogP contribution is -2.11. The molecule has 0 fully saturated rings. The van der Waals surface area contributed by atoms with Crippen LogP contribution in [0, 0.1) is 0 Å². The van der Waals surface area contributed by atoms with Gasteiger partial charge < -0.3 is 5.11 Å². The molecule has 0 spiro atoms. The second-order valence-electron chi connectivity index (χ2n) is 3.60. The molecule has 1 N–H and O–H groups in total. The highest BCUT2D eigenvalue weighted by molar-refractivity contribution is 4.65. The minimum absolute atomic E-state index is 0.189. The summed E-state index contributed by atoms with van der Waals surface area (Å²) in [4.78, 5) is 0. The van der Waals surface area contributed by atoms with Crippen LogP contribution in [0.2, 0.25) is 0 Å². The molecule has 0 aliphatic heterocycles. The fourth-order valence-electron chi connectivity index (χ4n) is 1.41. The first kappa shape index (κ1) is 11.2. The third-order valence-corrected chi connectivity index (χ3v) is 2.30. The lowest BCUT2D eigenvalue weighted by molar-refractivity contribution is 0.143. The molecule has 0 saturated carbocycles. The zero-order chi connectivity index (χ0) is 10.2. The molecule has 1 aromatic heterocycles. The molecule has 1 heterocycles. The first-order valence-corrected chi connectivity index (χ1v) is 5.35. The van der Waals surface area contributed by atoms with Crippen molar-refractivity contribution in [2.45, 2.75) is 51.7 Å². The number of aliphatic hydroxyl groups is 1. The maximum absolute atomic E-state index is 9.61. The van der Waals surface area contributed by atoms with E-state index in [-0.39, 0.29) is 6.10 Å². The molecule has 0 amide bonds. The molecule has 0 aromatic carbocycles. The maximum Gasteiger partial charge on any atom is 0.0692 e. The van der Waals surface area contributed by atoms with E-state index in [0.717, 1.165) is 25.8 Å². The van der Waals surface area contributed by atoms with E-state index in [1.54, 1.807) is 10.9 Å². The van der Waals surface area contributed by atoms with Crippen LogP contribution in [0.4, 0.5) is 0 Å². The highest BCUT2D eigenvalue weighted by Gasteiger charge is 2.03. The molecule has 0 aliphatic carbocycles. The Labute approximate surface area is 84.9 Å². The van der Waals surface area contributed by atoms with E-state index >= 15 is 0 Å². The summed E-state index contributed by atoms with van der Waals surface area (Å²) in [5.41, 5.74) is 0. The van der Waals surface area contributed by atoms with Gasteiger partial charge in [0, 0.05) is 12.7 Å². The molecule has 4 nitrogen and oxygen atoms in total. The van der Waals surface area contributed by atoms with Crippen molar-refractivity contribution in [3.8, 4) is 0 Å². The highest BCUT2D eigenvalue weighted by atomic mass is 16.3. The summed E-state index contributed by atoms with van der Waals surface area (Å²) >= 11 is 0. The first-order valence-electron chi connectivity index (χ1n) is 5.35. The molecule has 0 radical (unpaired) electrons. The van der Waals surface area contributed by atoms with E-state index in [4.69, 9.17) is 0 Å². The normalized spacial score (nSPS) is 13.0. The summed E-state index contributed by atoms with van der Waals surface area (Å²) < 4.78 is 1.75. The van der Waals surface area contributed by atoms with Crippen LogP contribution in [0.5, 0.6) is 0 Å². The van der Waals surface area contributed by atoms with Gasteiger partial charge in [-0.05, 0) is 12.8 Å². The van der Waals surface area contributed by atoms with Gasteiger partial charge in [0.15, 0.2) is 0 Å². The number of aromatic nitrogens is 3. The van der Waals surface area contributed by atoms with E-state index in [2.05, 4.69) is 17.2 Å². The summed E-state index contributed by atoms with van der Waals surface area (Å²) in [6.07, 6.45) is 8.49. The van der Waals surface area contributed by atoms with E-state index in [9.17, 15) is 5.11 Å². The first-order chi connectivity index (χ1) is 6.83. The van der Waals surface area contributed by atoms with Crippen molar-refractivity contribution in [1.29, 1.82) is 0 Å². The smallest absolute Gasteiger partial charge is 0.0692 e. The van der Waals surface area contributed by atoms with Crippen molar-refractivity contribution < 1.29 is 5.11 Å². The Morgan fingerprint density at radius 2 is 2.21 bits per heavy atom. The topological polar surface area (TPSA) is 50.9 Å². The number of rotatable bonds is 7. The van der Waals surface area contributed by atoms with Gasteiger partial charge in [0.25, 0.3) is 0 Å². The van der Waals surface area contributed by atoms with Crippen LogP contribution >= 0.6 is 0 Å². The van der Waals surface area contributed by atoms with Crippen molar-refractivity contribution in [2.75, 3.05) is 0 Å². The number of aliphatic hydroxyl groups excluding tert-OH is 1. The van der Waals surface area contributed by atoms with Crippen molar-refractivity contribution >= 4 is 0 Å². The molecular weight excluding hydrogens is 178 g/mol. The van der Waals surface area contributed by atoms with Gasteiger partial charge in [-0.15, -0.1) is 5.10 Å². The van der Waals surface area contributed by atoms with Crippen LogP contribution < -0.4 is 0 Å². The summed E-state index contributed by atoms with van der Waals surface area (Å²) in [6.45, 7) is 2.93. The number of aryl methyl sites for hydroxylation is 1. The number of nitrogens with zero attached hydrogens (tertiary/aromatic N) is 3. The van der Waals surface area contributed by atoms with Crippen LogP contribution in [-0.4, -0.2) is 26.2 Å².